The van der Waals surface area contributed by atoms with Crippen molar-refractivity contribution in [2.45, 2.75) is 26.8 Å². The van der Waals surface area contributed by atoms with Crippen LogP contribution in [0.3, 0.4) is 0 Å². The lowest BCUT2D eigenvalue weighted by Gasteiger charge is -2.06. The number of hydrogen-bond acceptors (Lipinski definition) is 2. The summed E-state index contributed by atoms with van der Waals surface area (Å²) in [6.45, 7) is 6.02. The largest absolute Gasteiger partial charge is 0.327 e. The molecule has 0 radical (unpaired) electrons. The fraction of sp³-hybridized carbons (Fsp3) is 1.00. The highest BCUT2D eigenvalue weighted by Crippen LogP contribution is 1.96. The zero-order valence-corrected chi connectivity index (χ0v) is 7.78. The molecule has 0 aliphatic rings. The summed E-state index contributed by atoms with van der Waals surface area (Å²) >= 11 is 0. The van der Waals surface area contributed by atoms with E-state index in [0.717, 1.165) is 5.75 Å². The zero-order valence-electron chi connectivity index (χ0n) is 6.96. The molecule has 2 unspecified atom stereocenters. The first kappa shape index (κ1) is 10.1. The summed E-state index contributed by atoms with van der Waals surface area (Å²) < 4.78 is 11.1. The molecule has 0 amide bonds. The highest BCUT2D eigenvalue weighted by atomic mass is 32.2. The fourth-order valence-electron chi connectivity index (χ4n) is 0.733. The molecular weight excluding hydrogens is 146 g/mol. The molecule has 2 N–H and O–H groups in total. The van der Waals surface area contributed by atoms with Crippen LogP contribution in [-0.4, -0.2) is 21.8 Å². The maximum absolute atomic E-state index is 11.1. The SMILES string of the molecule is CC(C)CS(=O)CC(C)N. The molecule has 0 aliphatic heterocycles. The van der Waals surface area contributed by atoms with Crippen LogP contribution in [0.25, 0.3) is 0 Å². The van der Waals surface area contributed by atoms with Gasteiger partial charge in [0.15, 0.2) is 0 Å². The molecule has 0 rings (SSSR count). The number of nitrogens with two attached hydrogens (primary N) is 1. The summed E-state index contributed by atoms with van der Waals surface area (Å²) in [6.07, 6.45) is 0. The van der Waals surface area contributed by atoms with Gasteiger partial charge in [0.05, 0.1) is 0 Å². The molecule has 2 nitrogen and oxygen atoms in total. The van der Waals surface area contributed by atoms with Crippen molar-refractivity contribution in [3.63, 3.8) is 0 Å². The molecule has 0 bridgehead atoms. The first-order valence-corrected chi connectivity index (χ1v) is 5.11. The fourth-order valence-corrected chi connectivity index (χ4v) is 2.20. The maximum atomic E-state index is 11.1. The Morgan fingerprint density at radius 2 is 1.80 bits per heavy atom. The molecule has 0 heterocycles. The highest BCUT2D eigenvalue weighted by molar-refractivity contribution is 7.85. The van der Waals surface area contributed by atoms with Crippen LogP contribution >= 0.6 is 0 Å². The molecule has 2 atom stereocenters. The van der Waals surface area contributed by atoms with Crippen molar-refractivity contribution in [2.24, 2.45) is 11.7 Å². The lowest BCUT2D eigenvalue weighted by Crippen LogP contribution is -2.25. The Labute approximate surface area is 65.6 Å². The van der Waals surface area contributed by atoms with Gasteiger partial charge in [0.25, 0.3) is 0 Å². The lowest BCUT2D eigenvalue weighted by atomic mass is 10.3. The average molecular weight is 163 g/mol. The maximum Gasteiger partial charge on any atom is 0.0384 e. The average Bonchev–Trinajstić information content (AvgIpc) is 1.58. The van der Waals surface area contributed by atoms with Gasteiger partial charge in [-0.2, -0.15) is 0 Å². The van der Waals surface area contributed by atoms with Crippen LogP contribution < -0.4 is 5.73 Å². The van der Waals surface area contributed by atoms with E-state index in [-0.39, 0.29) is 6.04 Å². The third-order valence-corrected chi connectivity index (χ3v) is 2.90. The molecule has 0 aromatic carbocycles. The third kappa shape index (κ3) is 6.23. The zero-order chi connectivity index (χ0) is 8.15. The van der Waals surface area contributed by atoms with E-state index in [9.17, 15) is 4.21 Å². The molecule has 3 heteroatoms. The smallest absolute Gasteiger partial charge is 0.0384 e. The second-order valence-electron chi connectivity index (χ2n) is 3.14. The van der Waals surface area contributed by atoms with E-state index in [1.165, 1.54) is 0 Å². The van der Waals surface area contributed by atoms with Gasteiger partial charge in [-0.05, 0) is 12.8 Å². The van der Waals surface area contributed by atoms with Crippen molar-refractivity contribution >= 4 is 10.8 Å². The van der Waals surface area contributed by atoms with Gasteiger partial charge >= 0.3 is 0 Å². The van der Waals surface area contributed by atoms with E-state index >= 15 is 0 Å². The normalized spacial score (nSPS) is 17.3. The van der Waals surface area contributed by atoms with Crippen LogP contribution in [0.4, 0.5) is 0 Å². The molecule has 10 heavy (non-hydrogen) atoms. The Kier molecular flexibility index (Phi) is 4.91. The van der Waals surface area contributed by atoms with Gasteiger partial charge in [-0.25, -0.2) is 0 Å². The first-order valence-electron chi connectivity index (χ1n) is 3.63. The topological polar surface area (TPSA) is 43.1 Å². The summed E-state index contributed by atoms with van der Waals surface area (Å²) in [5, 5.41) is 0. The Morgan fingerprint density at radius 1 is 1.30 bits per heavy atom. The van der Waals surface area contributed by atoms with Crippen molar-refractivity contribution in [1.82, 2.24) is 0 Å². The summed E-state index contributed by atoms with van der Waals surface area (Å²) in [5.74, 6) is 1.93. The quantitative estimate of drug-likeness (QED) is 0.664. The first-order chi connectivity index (χ1) is 4.52. The van der Waals surface area contributed by atoms with Crippen molar-refractivity contribution in [3.05, 3.63) is 0 Å². The van der Waals surface area contributed by atoms with Crippen molar-refractivity contribution in [3.8, 4) is 0 Å². The van der Waals surface area contributed by atoms with Crippen LogP contribution in [0.1, 0.15) is 20.8 Å². The molecule has 0 aromatic heterocycles. The van der Waals surface area contributed by atoms with Gasteiger partial charge in [-0.3, -0.25) is 4.21 Å². The summed E-state index contributed by atoms with van der Waals surface area (Å²) in [5.41, 5.74) is 5.48. The standard InChI is InChI=1S/C7H17NOS/c1-6(2)4-10(9)5-7(3)8/h6-7H,4-5,8H2,1-3H3. The highest BCUT2D eigenvalue weighted by Gasteiger charge is 2.04. The van der Waals surface area contributed by atoms with E-state index in [4.69, 9.17) is 5.73 Å². The van der Waals surface area contributed by atoms with Gasteiger partial charge < -0.3 is 5.73 Å². The van der Waals surface area contributed by atoms with Gasteiger partial charge in [0.1, 0.15) is 0 Å². The van der Waals surface area contributed by atoms with Crippen LogP contribution in [-0.2, 0) is 10.8 Å². The third-order valence-electron chi connectivity index (χ3n) is 0.968. The van der Waals surface area contributed by atoms with Gasteiger partial charge in [-0.1, -0.05) is 13.8 Å². The molecule has 0 aliphatic carbocycles. The monoisotopic (exact) mass is 163 g/mol. The van der Waals surface area contributed by atoms with Gasteiger partial charge in [0.2, 0.25) is 0 Å². The van der Waals surface area contributed by atoms with Crippen molar-refractivity contribution in [1.29, 1.82) is 0 Å². The minimum absolute atomic E-state index is 0.0691. The van der Waals surface area contributed by atoms with Gasteiger partial charge in [-0.15, -0.1) is 0 Å². The van der Waals surface area contributed by atoms with E-state index in [1.807, 2.05) is 6.92 Å². The summed E-state index contributed by atoms with van der Waals surface area (Å²) in [6, 6.07) is 0.0691. The van der Waals surface area contributed by atoms with Crippen molar-refractivity contribution in [2.75, 3.05) is 11.5 Å². The van der Waals surface area contributed by atoms with Gasteiger partial charge in [0, 0.05) is 28.3 Å². The Hall–Kier alpha value is 0.110. The molecule has 0 spiro atoms. The molecule has 0 saturated heterocycles. The van der Waals surface area contributed by atoms with Crippen LogP contribution in [0.2, 0.25) is 0 Å². The molecule has 0 fully saturated rings. The van der Waals surface area contributed by atoms with Crippen LogP contribution in [0.5, 0.6) is 0 Å². The number of rotatable bonds is 4. The Balaban J connectivity index is 3.44. The minimum Gasteiger partial charge on any atom is -0.327 e. The number of hydrogen-bond donors (Lipinski definition) is 1. The van der Waals surface area contributed by atoms with Crippen LogP contribution in [0.15, 0.2) is 0 Å². The molecule has 0 saturated carbocycles. The predicted molar refractivity (Wildman–Crippen MR) is 46.4 cm³/mol. The molecular formula is C7H17NOS. The van der Waals surface area contributed by atoms with E-state index < -0.39 is 10.8 Å². The summed E-state index contributed by atoms with van der Waals surface area (Å²) in [4.78, 5) is 0. The lowest BCUT2D eigenvalue weighted by molar-refractivity contribution is 0.658. The van der Waals surface area contributed by atoms with E-state index in [2.05, 4.69) is 13.8 Å². The predicted octanol–water partition coefficient (Wildman–Crippen LogP) is 0.738. The van der Waals surface area contributed by atoms with Crippen molar-refractivity contribution < 1.29 is 4.21 Å². The summed E-state index contributed by atoms with van der Waals surface area (Å²) in [7, 11) is -0.705. The molecule has 0 aromatic rings. The van der Waals surface area contributed by atoms with E-state index in [0.29, 0.717) is 11.7 Å². The van der Waals surface area contributed by atoms with Crippen LogP contribution in [0, 0.1) is 5.92 Å². The Morgan fingerprint density at radius 3 is 2.10 bits per heavy atom. The van der Waals surface area contributed by atoms with E-state index in [1.54, 1.807) is 0 Å². The Bertz CT molecular complexity index is 100. The molecule has 62 valence electrons. The second-order valence-corrected chi connectivity index (χ2v) is 4.69. The second kappa shape index (κ2) is 4.85. The minimum atomic E-state index is -0.705.